The molecule has 0 spiro atoms. The molecular weight excluding hydrogens is 444 g/mol. The molecule has 2 N–H and O–H groups in total. The van der Waals surface area contributed by atoms with Crippen molar-refractivity contribution >= 4 is 22.4 Å². The minimum absolute atomic E-state index is 0.0456. The van der Waals surface area contributed by atoms with E-state index in [1.807, 2.05) is 32.3 Å². The fraction of sp³-hybridized carbons (Fsp3) is 0.423. The van der Waals surface area contributed by atoms with E-state index in [-0.39, 0.29) is 12.1 Å². The van der Waals surface area contributed by atoms with Crippen molar-refractivity contribution in [3.8, 4) is 0 Å². The second-order valence-corrected chi connectivity index (χ2v) is 9.24. The van der Waals surface area contributed by atoms with Crippen molar-refractivity contribution in [2.45, 2.75) is 44.4 Å². The molecule has 4 rings (SSSR count). The molecule has 3 aromatic rings. The first-order valence-electron chi connectivity index (χ1n) is 11.6. The first-order valence-corrected chi connectivity index (χ1v) is 11.6. The molecule has 1 fully saturated rings. The van der Waals surface area contributed by atoms with Gasteiger partial charge in [0.25, 0.3) is 0 Å². The number of alkyl halides is 3. The van der Waals surface area contributed by atoms with E-state index in [2.05, 4.69) is 27.7 Å². The van der Waals surface area contributed by atoms with Gasteiger partial charge in [0.15, 0.2) is 0 Å². The van der Waals surface area contributed by atoms with Crippen LogP contribution in [0.1, 0.15) is 36.8 Å². The summed E-state index contributed by atoms with van der Waals surface area (Å²) < 4.78 is 52.6. The van der Waals surface area contributed by atoms with Crippen LogP contribution in [0.25, 0.3) is 10.9 Å². The largest absolute Gasteiger partial charge is 0.416 e. The predicted octanol–water partition coefficient (Wildman–Crippen LogP) is 6.22. The van der Waals surface area contributed by atoms with E-state index in [4.69, 9.17) is 4.98 Å². The minimum atomic E-state index is -4.47. The zero-order valence-electron chi connectivity index (χ0n) is 19.4. The standard InChI is InChI=1S/C26H30F4N4/c1-34(2)24-14-25(33-23-6-4-3-5-21(23)24)32-20-10-7-17(8-11-20)15-31-16-18-13-19(26(28,29)30)9-12-22(18)27/h3-6,9,12-14,17,20,31H,7-8,10-11,15-16H2,1-2H3,(H,32,33). The zero-order chi connectivity index (χ0) is 24.3. The molecule has 0 aliphatic heterocycles. The molecule has 0 unspecified atom stereocenters. The molecule has 0 bridgehead atoms. The molecule has 1 aliphatic rings. The average Bonchev–Trinajstić information content (AvgIpc) is 2.80. The lowest BCUT2D eigenvalue weighted by Crippen LogP contribution is -2.31. The molecule has 1 aromatic heterocycles. The number of fused-ring (bicyclic) bond motifs is 1. The highest BCUT2D eigenvalue weighted by Gasteiger charge is 2.31. The molecule has 34 heavy (non-hydrogen) atoms. The Balaban J connectivity index is 1.29. The van der Waals surface area contributed by atoms with Crippen molar-refractivity contribution in [2.75, 3.05) is 30.9 Å². The number of aromatic nitrogens is 1. The number of halogens is 4. The van der Waals surface area contributed by atoms with Gasteiger partial charge in [0.05, 0.1) is 11.1 Å². The third-order valence-electron chi connectivity index (χ3n) is 6.50. The van der Waals surface area contributed by atoms with Crippen LogP contribution in [0.5, 0.6) is 0 Å². The Hall–Kier alpha value is -2.87. The van der Waals surface area contributed by atoms with Gasteiger partial charge in [-0.15, -0.1) is 0 Å². The van der Waals surface area contributed by atoms with Crippen molar-refractivity contribution in [3.05, 3.63) is 65.5 Å². The highest BCUT2D eigenvalue weighted by atomic mass is 19.4. The van der Waals surface area contributed by atoms with Gasteiger partial charge in [-0.3, -0.25) is 0 Å². The molecule has 0 radical (unpaired) electrons. The van der Waals surface area contributed by atoms with Gasteiger partial charge < -0.3 is 15.5 Å². The molecular formula is C26H30F4N4. The topological polar surface area (TPSA) is 40.2 Å². The van der Waals surface area contributed by atoms with E-state index in [9.17, 15) is 17.6 Å². The molecule has 8 heteroatoms. The van der Waals surface area contributed by atoms with Crippen LogP contribution in [0.15, 0.2) is 48.5 Å². The first kappa shape index (κ1) is 24.3. The summed E-state index contributed by atoms with van der Waals surface area (Å²) in [5.74, 6) is 0.659. The first-order chi connectivity index (χ1) is 16.2. The fourth-order valence-electron chi connectivity index (χ4n) is 4.62. The average molecular weight is 475 g/mol. The molecule has 182 valence electrons. The lowest BCUT2D eigenvalue weighted by molar-refractivity contribution is -0.137. The van der Waals surface area contributed by atoms with Crippen molar-refractivity contribution in [2.24, 2.45) is 5.92 Å². The molecule has 4 nitrogen and oxygen atoms in total. The van der Waals surface area contributed by atoms with Crippen LogP contribution in [-0.4, -0.2) is 31.7 Å². The van der Waals surface area contributed by atoms with Gasteiger partial charge in [-0.25, -0.2) is 9.37 Å². The lowest BCUT2D eigenvalue weighted by atomic mass is 9.86. The number of para-hydroxylation sites is 1. The number of anilines is 2. The third-order valence-corrected chi connectivity index (χ3v) is 6.50. The number of rotatable bonds is 7. The van der Waals surface area contributed by atoms with E-state index in [0.29, 0.717) is 18.5 Å². The maximum Gasteiger partial charge on any atom is 0.416 e. The normalized spacial score (nSPS) is 18.8. The molecule has 1 saturated carbocycles. The highest BCUT2D eigenvalue weighted by Crippen LogP contribution is 2.32. The molecule has 1 heterocycles. The van der Waals surface area contributed by atoms with E-state index in [0.717, 1.165) is 66.3 Å². The van der Waals surface area contributed by atoms with Gasteiger partial charge in [0.1, 0.15) is 11.6 Å². The van der Waals surface area contributed by atoms with Crippen LogP contribution in [-0.2, 0) is 12.7 Å². The molecule has 0 amide bonds. The number of hydrogen-bond donors (Lipinski definition) is 2. The smallest absolute Gasteiger partial charge is 0.377 e. The lowest BCUT2D eigenvalue weighted by Gasteiger charge is -2.30. The van der Waals surface area contributed by atoms with Crippen molar-refractivity contribution < 1.29 is 17.6 Å². The molecule has 2 aromatic carbocycles. The Morgan fingerprint density at radius 2 is 1.74 bits per heavy atom. The van der Waals surface area contributed by atoms with Gasteiger partial charge in [0, 0.05) is 49.4 Å². The van der Waals surface area contributed by atoms with E-state index >= 15 is 0 Å². The summed E-state index contributed by atoms with van der Waals surface area (Å²) in [7, 11) is 4.05. The number of nitrogens with zero attached hydrogens (tertiary/aromatic N) is 2. The van der Waals surface area contributed by atoms with Gasteiger partial charge in [-0.2, -0.15) is 13.2 Å². The van der Waals surface area contributed by atoms with Gasteiger partial charge in [-0.1, -0.05) is 18.2 Å². The summed E-state index contributed by atoms with van der Waals surface area (Å²) in [6, 6.07) is 13.1. The van der Waals surface area contributed by atoms with Crippen molar-refractivity contribution in [1.29, 1.82) is 0 Å². The van der Waals surface area contributed by atoms with E-state index in [1.54, 1.807) is 0 Å². The number of pyridine rings is 1. The predicted molar refractivity (Wildman–Crippen MR) is 129 cm³/mol. The van der Waals surface area contributed by atoms with Crippen LogP contribution >= 0.6 is 0 Å². The Morgan fingerprint density at radius 3 is 2.44 bits per heavy atom. The van der Waals surface area contributed by atoms with Crippen LogP contribution in [0.4, 0.5) is 29.1 Å². The molecule has 0 saturated heterocycles. The van der Waals surface area contributed by atoms with Gasteiger partial charge in [0.2, 0.25) is 0 Å². The van der Waals surface area contributed by atoms with E-state index in [1.165, 1.54) is 0 Å². The minimum Gasteiger partial charge on any atom is -0.377 e. The number of benzene rings is 2. The summed E-state index contributed by atoms with van der Waals surface area (Å²) in [5.41, 5.74) is 1.30. The Morgan fingerprint density at radius 1 is 1.00 bits per heavy atom. The SMILES string of the molecule is CN(C)c1cc(NC2CCC(CNCc3cc(C(F)(F)F)ccc3F)CC2)nc2ccccc12. The summed E-state index contributed by atoms with van der Waals surface area (Å²) >= 11 is 0. The second kappa shape index (κ2) is 10.2. The molecule has 1 aliphatic carbocycles. The van der Waals surface area contributed by atoms with Crippen LogP contribution in [0.2, 0.25) is 0 Å². The highest BCUT2D eigenvalue weighted by molar-refractivity contribution is 5.93. The van der Waals surface area contributed by atoms with Crippen LogP contribution in [0, 0.1) is 11.7 Å². The van der Waals surface area contributed by atoms with Gasteiger partial charge >= 0.3 is 6.18 Å². The Labute approximate surface area is 197 Å². The summed E-state index contributed by atoms with van der Waals surface area (Å²) in [6.07, 6.45) is -0.527. The quantitative estimate of drug-likeness (QED) is 0.399. The van der Waals surface area contributed by atoms with Gasteiger partial charge in [-0.05, 0) is 62.4 Å². The van der Waals surface area contributed by atoms with Crippen molar-refractivity contribution in [1.82, 2.24) is 10.3 Å². The monoisotopic (exact) mass is 474 g/mol. The van der Waals surface area contributed by atoms with Crippen LogP contribution < -0.4 is 15.5 Å². The Kier molecular flexibility index (Phi) is 7.26. The number of nitrogens with one attached hydrogen (secondary N) is 2. The third kappa shape index (κ3) is 5.78. The second-order valence-electron chi connectivity index (χ2n) is 9.24. The Bertz CT molecular complexity index is 1120. The maximum atomic E-state index is 13.9. The summed E-state index contributed by atoms with van der Waals surface area (Å²) in [6.45, 7) is 0.740. The number of hydrogen-bond acceptors (Lipinski definition) is 4. The fourth-order valence-corrected chi connectivity index (χ4v) is 4.62. The summed E-state index contributed by atoms with van der Waals surface area (Å²) in [5, 5.41) is 7.85. The van der Waals surface area contributed by atoms with Crippen LogP contribution in [0.3, 0.4) is 0 Å². The van der Waals surface area contributed by atoms with Crippen molar-refractivity contribution in [3.63, 3.8) is 0 Å². The summed E-state index contributed by atoms with van der Waals surface area (Å²) in [4.78, 5) is 6.87. The van der Waals surface area contributed by atoms with E-state index < -0.39 is 17.6 Å². The maximum absolute atomic E-state index is 13.9. The molecule has 0 atom stereocenters. The zero-order valence-corrected chi connectivity index (χ0v) is 19.4.